The van der Waals surface area contributed by atoms with Gasteiger partial charge in [0, 0.05) is 0 Å². The molecule has 1 aromatic carbocycles. The molecule has 3 aromatic rings. The lowest BCUT2D eigenvalue weighted by atomic mass is 10.1. The highest BCUT2D eigenvalue weighted by Gasteiger charge is 2.08. The lowest BCUT2D eigenvalue weighted by Gasteiger charge is -2.05. The Bertz CT molecular complexity index is 731. The zero-order valence-corrected chi connectivity index (χ0v) is 11.5. The van der Waals surface area contributed by atoms with Crippen LogP contribution in [0.5, 0.6) is 0 Å². The smallest absolute Gasteiger partial charge is 0.161 e. The summed E-state index contributed by atoms with van der Waals surface area (Å²) in [5.41, 5.74) is 5.24. The molecule has 0 amide bonds. The van der Waals surface area contributed by atoms with Gasteiger partial charge >= 0.3 is 0 Å². The summed E-state index contributed by atoms with van der Waals surface area (Å²) in [6.45, 7) is 4.18. The van der Waals surface area contributed by atoms with Gasteiger partial charge in [0.15, 0.2) is 5.82 Å². The third-order valence-electron chi connectivity index (χ3n) is 3.25. The summed E-state index contributed by atoms with van der Waals surface area (Å²) in [5.74, 6) is 1.12. The minimum Gasteiger partial charge on any atom is -0.281 e. The molecule has 2 aromatic heterocycles. The average molecular weight is 273 g/mol. The largest absolute Gasteiger partial charge is 0.281 e. The molecule has 5 heteroatoms. The summed E-state index contributed by atoms with van der Waals surface area (Å²) in [7, 11) is 0. The van der Waals surface area contributed by atoms with Crippen LogP contribution in [0.15, 0.2) is 30.6 Å². The zero-order chi connectivity index (χ0) is 13.4. The van der Waals surface area contributed by atoms with E-state index in [1.165, 1.54) is 11.1 Å². The van der Waals surface area contributed by atoms with Crippen molar-refractivity contribution in [3.05, 3.63) is 47.4 Å². The Morgan fingerprint density at radius 1 is 1.11 bits per heavy atom. The van der Waals surface area contributed by atoms with Gasteiger partial charge in [-0.25, -0.2) is 4.98 Å². The van der Waals surface area contributed by atoms with Gasteiger partial charge in [-0.15, -0.1) is 16.7 Å². The Kier molecular flexibility index (Phi) is 2.95. The number of nitrogens with zero attached hydrogens (tertiary/aromatic N) is 4. The van der Waals surface area contributed by atoms with Gasteiger partial charge in [-0.05, 0) is 49.2 Å². The molecule has 3 rings (SSSR count). The lowest BCUT2D eigenvalue weighted by Crippen LogP contribution is -1.99. The maximum atomic E-state index is 5.72. The molecule has 0 saturated carbocycles. The monoisotopic (exact) mass is 272 g/mol. The van der Waals surface area contributed by atoms with E-state index in [0.29, 0.717) is 5.88 Å². The maximum absolute atomic E-state index is 5.72. The molecular formula is C14H13ClN4. The number of hydrogen-bond donors (Lipinski definition) is 0. The zero-order valence-electron chi connectivity index (χ0n) is 10.8. The molecule has 0 spiro atoms. The van der Waals surface area contributed by atoms with Crippen LogP contribution in [-0.4, -0.2) is 19.7 Å². The average Bonchev–Trinajstić information content (AvgIpc) is 2.82. The molecule has 4 nitrogen and oxygen atoms in total. The van der Waals surface area contributed by atoms with Crippen molar-refractivity contribution in [2.24, 2.45) is 0 Å². The van der Waals surface area contributed by atoms with E-state index in [9.17, 15) is 0 Å². The molecule has 96 valence electrons. The molecule has 0 aliphatic heterocycles. The Morgan fingerprint density at radius 2 is 1.89 bits per heavy atom. The molecule has 0 fully saturated rings. The highest BCUT2D eigenvalue weighted by Crippen LogP contribution is 2.20. The van der Waals surface area contributed by atoms with E-state index < -0.39 is 0 Å². The van der Waals surface area contributed by atoms with Crippen LogP contribution < -0.4 is 0 Å². The number of alkyl halides is 1. The molecule has 0 atom stereocenters. The van der Waals surface area contributed by atoms with Gasteiger partial charge in [0.1, 0.15) is 6.33 Å². The Balaban J connectivity index is 2.16. The van der Waals surface area contributed by atoms with E-state index in [0.717, 1.165) is 22.5 Å². The molecule has 0 saturated heterocycles. The van der Waals surface area contributed by atoms with Gasteiger partial charge in [0.05, 0.1) is 22.6 Å². The van der Waals surface area contributed by atoms with E-state index in [1.807, 2.05) is 16.7 Å². The van der Waals surface area contributed by atoms with Crippen LogP contribution in [0.2, 0.25) is 0 Å². The first kappa shape index (κ1) is 12.1. The number of benzene rings is 1. The number of rotatable bonds is 2. The second kappa shape index (κ2) is 4.63. The molecule has 0 unspecified atom stereocenters. The first-order valence-corrected chi connectivity index (χ1v) is 6.56. The quantitative estimate of drug-likeness (QED) is 0.673. The molecule has 0 aliphatic rings. The standard InChI is InChI=1S/C14H13ClN4/c1-9-5-12-13(6-10(9)2)19(8-16-12)14-4-3-11(7-15)17-18-14/h3-6,8H,7H2,1-2H3. The SMILES string of the molecule is Cc1cc2ncn(-c3ccc(CCl)nn3)c2cc1C. The van der Waals surface area contributed by atoms with Crippen molar-refractivity contribution in [2.75, 3.05) is 0 Å². The molecular weight excluding hydrogens is 260 g/mol. The molecule has 0 bridgehead atoms. The van der Waals surface area contributed by atoms with E-state index in [4.69, 9.17) is 11.6 Å². The number of aryl methyl sites for hydroxylation is 2. The van der Waals surface area contributed by atoms with E-state index >= 15 is 0 Å². The molecule has 0 aliphatic carbocycles. The lowest BCUT2D eigenvalue weighted by molar-refractivity contribution is 0.898. The van der Waals surface area contributed by atoms with E-state index in [2.05, 4.69) is 41.2 Å². The van der Waals surface area contributed by atoms with Gasteiger partial charge in [-0.1, -0.05) is 0 Å². The fourth-order valence-electron chi connectivity index (χ4n) is 2.00. The van der Waals surface area contributed by atoms with Crippen LogP contribution in [0, 0.1) is 13.8 Å². The Hall–Kier alpha value is -1.94. The van der Waals surface area contributed by atoms with E-state index in [1.54, 1.807) is 6.33 Å². The molecule has 19 heavy (non-hydrogen) atoms. The number of halogens is 1. The summed E-state index contributed by atoms with van der Waals surface area (Å²) in [6.07, 6.45) is 1.77. The second-order valence-corrected chi connectivity index (χ2v) is 4.82. The normalized spacial score (nSPS) is 11.1. The minimum absolute atomic E-state index is 0.371. The predicted octanol–water partition coefficient (Wildman–Crippen LogP) is 3.17. The van der Waals surface area contributed by atoms with Gasteiger partial charge < -0.3 is 0 Å². The Morgan fingerprint density at radius 3 is 2.58 bits per heavy atom. The number of hydrogen-bond acceptors (Lipinski definition) is 3. The summed E-state index contributed by atoms with van der Waals surface area (Å²) in [5, 5.41) is 8.25. The topological polar surface area (TPSA) is 43.6 Å². The summed E-state index contributed by atoms with van der Waals surface area (Å²) in [6, 6.07) is 7.99. The van der Waals surface area contributed by atoms with Gasteiger partial charge in [-0.3, -0.25) is 4.57 Å². The molecule has 0 N–H and O–H groups in total. The fourth-order valence-corrected chi connectivity index (χ4v) is 2.14. The summed E-state index contributed by atoms with van der Waals surface area (Å²) in [4.78, 5) is 4.41. The highest BCUT2D eigenvalue weighted by atomic mass is 35.5. The van der Waals surface area contributed by atoms with E-state index in [-0.39, 0.29) is 0 Å². The second-order valence-electron chi connectivity index (χ2n) is 4.56. The third kappa shape index (κ3) is 2.08. The van der Waals surface area contributed by atoms with Crippen LogP contribution in [0.1, 0.15) is 16.8 Å². The molecule has 0 radical (unpaired) electrons. The van der Waals surface area contributed by atoms with Crippen molar-refractivity contribution in [1.82, 2.24) is 19.7 Å². The van der Waals surface area contributed by atoms with Gasteiger partial charge in [-0.2, -0.15) is 5.10 Å². The first-order chi connectivity index (χ1) is 9.19. The van der Waals surface area contributed by atoms with Crippen molar-refractivity contribution in [3.8, 4) is 5.82 Å². The third-order valence-corrected chi connectivity index (χ3v) is 3.53. The van der Waals surface area contributed by atoms with Crippen LogP contribution in [0.4, 0.5) is 0 Å². The van der Waals surface area contributed by atoms with Crippen molar-refractivity contribution >= 4 is 22.6 Å². The summed E-state index contributed by atoms with van der Waals surface area (Å²) < 4.78 is 1.94. The van der Waals surface area contributed by atoms with Crippen LogP contribution >= 0.6 is 11.6 Å². The Labute approximate surface area is 116 Å². The van der Waals surface area contributed by atoms with Crippen LogP contribution in [0.25, 0.3) is 16.9 Å². The molecule has 2 heterocycles. The number of imidazole rings is 1. The number of aromatic nitrogens is 4. The van der Waals surface area contributed by atoms with Gasteiger partial charge in [0.25, 0.3) is 0 Å². The number of fused-ring (bicyclic) bond motifs is 1. The summed E-state index contributed by atoms with van der Waals surface area (Å²) >= 11 is 5.72. The van der Waals surface area contributed by atoms with Crippen molar-refractivity contribution in [1.29, 1.82) is 0 Å². The first-order valence-electron chi connectivity index (χ1n) is 6.02. The van der Waals surface area contributed by atoms with Crippen LogP contribution in [0.3, 0.4) is 0 Å². The van der Waals surface area contributed by atoms with Crippen LogP contribution in [-0.2, 0) is 5.88 Å². The highest BCUT2D eigenvalue weighted by molar-refractivity contribution is 6.16. The maximum Gasteiger partial charge on any atom is 0.161 e. The fraction of sp³-hybridized carbons (Fsp3) is 0.214. The van der Waals surface area contributed by atoms with Crippen molar-refractivity contribution < 1.29 is 0 Å². The van der Waals surface area contributed by atoms with Crippen molar-refractivity contribution in [3.63, 3.8) is 0 Å². The predicted molar refractivity (Wildman–Crippen MR) is 75.7 cm³/mol. The van der Waals surface area contributed by atoms with Gasteiger partial charge in [0.2, 0.25) is 0 Å². The minimum atomic E-state index is 0.371. The van der Waals surface area contributed by atoms with Crippen molar-refractivity contribution in [2.45, 2.75) is 19.7 Å².